The molecule has 2 rings (SSSR count). The molecule has 0 aliphatic heterocycles. The van der Waals surface area contributed by atoms with E-state index < -0.39 is 0 Å². The summed E-state index contributed by atoms with van der Waals surface area (Å²) in [7, 11) is 0. The average molecular weight is 211 g/mol. The van der Waals surface area contributed by atoms with Crippen LogP contribution in [0.2, 0.25) is 0 Å². The molecule has 1 aliphatic carbocycles. The Hall–Kier alpha value is -1.76. The van der Waals surface area contributed by atoms with Gasteiger partial charge in [0.2, 0.25) is 0 Å². The molecular weight excluding hydrogens is 194 g/mol. The molecule has 1 atom stereocenters. The van der Waals surface area contributed by atoms with Crippen molar-refractivity contribution in [2.75, 3.05) is 4.90 Å². The third kappa shape index (κ3) is 2.43. The Morgan fingerprint density at radius 2 is 2.00 bits per heavy atom. The molecule has 1 aromatic rings. The van der Waals surface area contributed by atoms with Crippen LogP contribution < -0.4 is 4.90 Å². The van der Waals surface area contributed by atoms with Crippen molar-refractivity contribution >= 4 is 5.69 Å². The first-order valence-electron chi connectivity index (χ1n) is 5.71. The van der Waals surface area contributed by atoms with E-state index in [-0.39, 0.29) is 0 Å². The van der Waals surface area contributed by atoms with Gasteiger partial charge in [0.15, 0.2) is 0 Å². The van der Waals surface area contributed by atoms with Crippen molar-refractivity contribution in [1.29, 1.82) is 0 Å². The van der Waals surface area contributed by atoms with Gasteiger partial charge in [0.25, 0.3) is 0 Å². The van der Waals surface area contributed by atoms with E-state index in [4.69, 9.17) is 0 Å². The third-order valence-electron chi connectivity index (χ3n) is 2.68. The summed E-state index contributed by atoms with van der Waals surface area (Å²) in [6, 6.07) is 10.9. The zero-order valence-electron chi connectivity index (χ0n) is 9.58. The molecule has 0 saturated heterocycles. The molecule has 0 spiro atoms. The first kappa shape index (κ1) is 10.7. The van der Waals surface area contributed by atoms with Gasteiger partial charge in [0.05, 0.1) is 6.04 Å². The van der Waals surface area contributed by atoms with E-state index in [0.29, 0.717) is 6.04 Å². The number of anilines is 1. The van der Waals surface area contributed by atoms with Gasteiger partial charge in [-0.05, 0) is 25.5 Å². The van der Waals surface area contributed by atoms with Crippen LogP contribution in [0.1, 0.15) is 13.3 Å². The minimum Gasteiger partial charge on any atom is -0.341 e. The predicted molar refractivity (Wildman–Crippen MR) is 70.4 cm³/mol. The van der Waals surface area contributed by atoms with Gasteiger partial charge in [-0.1, -0.05) is 48.6 Å². The lowest BCUT2D eigenvalue weighted by Gasteiger charge is -2.29. The average Bonchev–Trinajstić information content (AvgIpc) is 2.38. The number of nitrogens with zero attached hydrogens (tertiary/aromatic N) is 1. The first-order chi connectivity index (χ1) is 7.92. The van der Waals surface area contributed by atoms with Crippen LogP contribution in [0.4, 0.5) is 5.69 Å². The van der Waals surface area contributed by atoms with E-state index in [0.717, 1.165) is 6.42 Å². The quantitative estimate of drug-likeness (QED) is 0.732. The molecule has 1 heteroatoms. The first-order valence-corrected chi connectivity index (χ1v) is 5.71. The van der Waals surface area contributed by atoms with Crippen LogP contribution in [0.5, 0.6) is 0 Å². The van der Waals surface area contributed by atoms with Crippen molar-refractivity contribution in [3.05, 3.63) is 66.9 Å². The summed E-state index contributed by atoms with van der Waals surface area (Å²) in [5, 5.41) is 0. The highest BCUT2D eigenvalue weighted by Crippen LogP contribution is 2.21. The second kappa shape index (κ2) is 5.36. The molecule has 0 bridgehead atoms. The molecule has 1 aromatic carbocycles. The highest BCUT2D eigenvalue weighted by Gasteiger charge is 2.13. The molecule has 0 amide bonds. The number of hydrogen-bond donors (Lipinski definition) is 0. The van der Waals surface area contributed by atoms with Crippen LogP contribution in [0.25, 0.3) is 0 Å². The van der Waals surface area contributed by atoms with E-state index >= 15 is 0 Å². The molecule has 1 nitrogen and oxygen atoms in total. The molecule has 16 heavy (non-hydrogen) atoms. The summed E-state index contributed by atoms with van der Waals surface area (Å²) in [6.07, 6.45) is 14.0. The number of rotatable bonds is 3. The fraction of sp³-hybridized carbons (Fsp3) is 0.200. The summed E-state index contributed by atoms with van der Waals surface area (Å²) < 4.78 is 0. The third-order valence-corrected chi connectivity index (χ3v) is 2.68. The molecule has 0 saturated carbocycles. The fourth-order valence-corrected chi connectivity index (χ4v) is 1.92. The molecule has 82 valence electrons. The van der Waals surface area contributed by atoms with Crippen LogP contribution in [-0.2, 0) is 0 Å². The largest absolute Gasteiger partial charge is 0.341 e. The van der Waals surface area contributed by atoms with Crippen LogP contribution in [0, 0.1) is 0 Å². The van der Waals surface area contributed by atoms with E-state index in [1.165, 1.54) is 5.69 Å². The normalized spacial score (nSPS) is 19.2. The summed E-state index contributed by atoms with van der Waals surface area (Å²) >= 11 is 0. The maximum absolute atomic E-state index is 2.31. The zero-order valence-corrected chi connectivity index (χ0v) is 9.58. The Morgan fingerprint density at radius 1 is 1.19 bits per heavy atom. The van der Waals surface area contributed by atoms with Crippen molar-refractivity contribution < 1.29 is 0 Å². The minimum atomic E-state index is 0.434. The Bertz CT molecular complexity index is 401. The van der Waals surface area contributed by atoms with Gasteiger partial charge >= 0.3 is 0 Å². The van der Waals surface area contributed by atoms with Crippen molar-refractivity contribution in [1.82, 2.24) is 0 Å². The van der Waals surface area contributed by atoms with Crippen molar-refractivity contribution in [2.24, 2.45) is 0 Å². The van der Waals surface area contributed by atoms with Gasteiger partial charge in [-0.15, -0.1) is 0 Å². The molecule has 0 fully saturated rings. The smallest absolute Gasteiger partial charge is 0.0553 e. The molecule has 1 unspecified atom stereocenters. The Kier molecular flexibility index (Phi) is 3.60. The lowest BCUT2D eigenvalue weighted by Crippen LogP contribution is -2.29. The topological polar surface area (TPSA) is 3.24 Å². The molecule has 0 radical (unpaired) electrons. The Morgan fingerprint density at radius 3 is 2.62 bits per heavy atom. The lowest BCUT2D eigenvalue weighted by atomic mass is 10.1. The van der Waals surface area contributed by atoms with E-state index in [9.17, 15) is 0 Å². The van der Waals surface area contributed by atoms with Gasteiger partial charge in [0, 0.05) is 11.9 Å². The summed E-state index contributed by atoms with van der Waals surface area (Å²) in [6.45, 7) is 2.05. The zero-order chi connectivity index (χ0) is 11.2. The maximum Gasteiger partial charge on any atom is 0.0553 e. The highest BCUT2D eigenvalue weighted by molar-refractivity contribution is 5.51. The minimum absolute atomic E-state index is 0.434. The number of allylic oxidation sites excluding steroid dienone is 3. The highest BCUT2D eigenvalue weighted by atomic mass is 15.1. The lowest BCUT2D eigenvalue weighted by molar-refractivity contribution is 0.778. The molecule has 0 aromatic heterocycles. The molecule has 0 N–H and O–H groups in total. The van der Waals surface area contributed by atoms with E-state index in [1.807, 2.05) is 6.07 Å². The summed E-state index contributed by atoms with van der Waals surface area (Å²) in [5.41, 5.74) is 1.24. The SMILES string of the molecule is C/C=C/N(c1ccccc1)C1C=CC=CC1. The monoisotopic (exact) mass is 211 g/mol. The number of hydrogen-bond acceptors (Lipinski definition) is 1. The number of para-hydroxylation sites is 1. The second-order valence-electron chi connectivity index (χ2n) is 3.84. The van der Waals surface area contributed by atoms with Crippen molar-refractivity contribution in [2.45, 2.75) is 19.4 Å². The second-order valence-corrected chi connectivity index (χ2v) is 3.84. The van der Waals surface area contributed by atoms with E-state index in [2.05, 4.69) is 72.7 Å². The Balaban J connectivity index is 2.24. The van der Waals surface area contributed by atoms with E-state index in [1.54, 1.807) is 0 Å². The van der Waals surface area contributed by atoms with Crippen LogP contribution in [0.15, 0.2) is 66.9 Å². The molecular formula is C15H17N. The summed E-state index contributed by atoms with van der Waals surface area (Å²) in [4.78, 5) is 2.31. The maximum atomic E-state index is 2.31. The summed E-state index contributed by atoms with van der Waals surface area (Å²) in [5.74, 6) is 0. The van der Waals surface area contributed by atoms with Gasteiger partial charge in [-0.3, -0.25) is 0 Å². The van der Waals surface area contributed by atoms with Gasteiger partial charge in [-0.2, -0.15) is 0 Å². The van der Waals surface area contributed by atoms with Crippen molar-refractivity contribution in [3.63, 3.8) is 0 Å². The Labute approximate surface area is 97.4 Å². The standard InChI is InChI=1S/C15H17N/c1-2-13-16(14-9-5-3-6-10-14)15-11-7-4-8-12-15/h2-11,13,15H,12H2,1H3/b13-2+. The van der Waals surface area contributed by atoms with Crippen LogP contribution in [-0.4, -0.2) is 6.04 Å². The van der Waals surface area contributed by atoms with Gasteiger partial charge in [-0.25, -0.2) is 0 Å². The van der Waals surface area contributed by atoms with Gasteiger partial charge in [0.1, 0.15) is 0 Å². The molecule has 1 aliphatic rings. The van der Waals surface area contributed by atoms with Crippen LogP contribution >= 0.6 is 0 Å². The predicted octanol–water partition coefficient (Wildman–Crippen LogP) is 3.91. The fourth-order valence-electron chi connectivity index (χ4n) is 1.92. The number of benzene rings is 1. The van der Waals surface area contributed by atoms with Crippen molar-refractivity contribution in [3.8, 4) is 0 Å². The van der Waals surface area contributed by atoms with Gasteiger partial charge < -0.3 is 4.90 Å². The van der Waals surface area contributed by atoms with Crippen LogP contribution in [0.3, 0.4) is 0 Å². The molecule has 0 heterocycles.